The van der Waals surface area contributed by atoms with Gasteiger partial charge in [0.1, 0.15) is 5.82 Å². The highest BCUT2D eigenvalue weighted by Crippen LogP contribution is 2.47. The van der Waals surface area contributed by atoms with Crippen LogP contribution in [0.2, 0.25) is 0 Å². The number of carbonyl (C=O) groups excluding carboxylic acids is 1. The number of carbonyl (C=O) groups is 1. The molecule has 0 N–H and O–H groups in total. The van der Waals surface area contributed by atoms with Crippen LogP contribution < -0.4 is 4.90 Å². The molecular formula is C21H23F2N3O. The van der Waals surface area contributed by atoms with E-state index < -0.39 is 11.4 Å². The first-order chi connectivity index (χ1) is 12.8. The van der Waals surface area contributed by atoms with Gasteiger partial charge in [0, 0.05) is 30.5 Å². The van der Waals surface area contributed by atoms with Crippen LogP contribution in [0.5, 0.6) is 0 Å². The Labute approximate surface area is 157 Å². The number of pyridine rings is 1. The van der Waals surface area contributed by atoms with Gasteiger partial charge in [-0.2, -0.15) is 0 Å². The van der Waals surface area contributed by atoms with E-state index in [1.807, 2.05) is 6.07 Å². The molecule has 0 aliphatic carbocycles. The zero-order valence-corrected chi connectivity index (χ0v) is 15.6. The van der Waals surface area contributed by atoms with Crippen LogP contribution in [0, 0.1) is 11.6 Å². The van der Waals surface area contributed by atoms with Gasteiger partial charge in [-0.05, 0) is 63.4 Å². The van der Waals surface area contributed by atoms with E-state index in [-0.39, 0.29) is 23.0 Å². The maximum absolute atomic E-state index is 14.1. The van der Waals surface area contributed by atoms with Gasteiger partial charge in [-0.25, -0.2) is 13.8 Å². The van der Waals surface area contributed by atoms with Crippen molar-refractivity contribution in [3.8, 4) is 0 Å². The van der Waals surface area contributed by atoms with Gasteiger partial charge in [0.2, 0.25) is 0 Å². The van der Waals surface area contributed by atoms with Crippen molar-refractivity contribution in [2.45, 2.75) is 44.2 Å². The highest BCUT2D eigenvalue weighted by molar-refractivity contribution is 5.93. The molecule has 1 aromatic heterocycles. The molecule has 3 heterocycles. The molecule has 0 radical (unpaired) electrons. The van der Waals surface area contributed by atoms with E-state index in [0.29, 0.717) is 13.1 Å². The molecule has 1 amide bonds. The molecule has 2 fully saturated rings. The van der Waals surface area contributed by atoms with Crippen LogP contribution in [0.1, 0.15) is 43.6 Å². The second-order valence-electron chi connectivity index (χ2n) is 8.17. The number of likely N-dealkylation sites (tertiary alicyclic amines) is 1. The number of rotatable bonds is 2. The van der Waals surface area contributed by atoms with Crippen molar-refractivity contribution in [1.82, 2.24) is 9.88 Å². The lowest BCUT2D eigenvalue weighted by Crippen LogP contribution is -2.49. The predicted octanol–water partition coefficient (Wildman–Crippen LogP) is 4.02. The summed E-state index contributed by atoms with van der Waals surface area (Å²) in [4.78, 5) is 21.0. The summed E-state index contributed by atoms with van der Waals surface area (Å²) in [5.41, 5.74) is 0.0388. The first-order valence-electron chi connectivity index (χ1n) is 9.28. The van der Waals surface area contributed by atoms with Crippen molar-refractivity contribution >= 4 is 11.6 Å². The van der Waals surface area contributed by atoms with Crippen LogP contribution in [-0.2, 0) is 0 Å². The van der Waals surface area contributed by atoms with Gasteiger partial charge in [-0.3, -0.25) is 4.79 Å². The molecule has 142 valence electrons. The van der Waals surface area contributed by atoms with Gasteiger partial charge < -0.3 is 9.80 Å². The number of hydrogen-bond acceptors (Lipinski definition) is 3. The number of benzene rings is 1. The van der Waals surface area contributed by atoms with Crippen molar-refractivity contribution < 1.29 is 13.6 Å². The Morgan fingerprint density at radius 2 is 2.00 bits per heavy atom. The Kier molecular flexibility index (Phi) is 4.17. The normalized spacial score (nSPS) is 24.0. The van der Waals surface area contributed by atoms with Gasteiger partial charge >= 0.3 is 0 Å². The van der Waals surface area contributed by atoms with E-state index in [1.54, 1.807) is 11.0 Å². The van der Waals surface area contributed by atoms with Gasteiger partial charge in [0.15, 0.2) is 11.5 Å². The Bertz CT molecular complexity index is 885. The molecule has 1 spiro atoms. The highest BCUT2D eigenvalue weighted by atomic mass is 19.1. The Balaban J connectivity index is 1.68. The quantitative estimate of drug-likeness (QED) is 0.800. The van der Waals surface area contributed by atoms with E-state index in [4.69, 9.17) is 0 Å². The molecule has 1 unspecified atom stereocenters. The van der Waals surface area contributed by atoms with Crippen LogP contribution in [0.4, 0.5) is 14.5 Å². The molecule has 6 heteroatoms. The van der Waals surface area contributed by atoms with Crippen molar-refractivity contribution in [3.63, 3.8) is 0 Å². The SMILES string of the molecule is CC1(C)CC2(CCCN2C(=O)c2ncccc2F)CN1c1cccc(F)c1. The lowest BCUT2D eigenvalue weighted by Gasteiger charge is -2.35. The Morgan fingerprint density at radius 3 is 2.74 bits per heavy atom. The summed E-state index contributed by atoms with van der Waals surface area (Å²) in [5.74, 6) is -1.23. The summed E-state index contributed by atoms with van der Waals surface area (Å²) < 4.78 is 27.9. The minimum absolute atomic E-state index is 0.124. The van der Waals surface area contributed by atoms with Crippen LogP contribution >= 0.6 is 0 Å². The molecule has 1 atom stereocenters. The van der Waals surface area contributed by atoms with Crippen molar-refractivity contribution in [2.24, 2.45) is 0 Å². The maximum atomic E-state index is 14.1. The molecule has 4 rings (SSSR count). The predicted molar refractivity (Wildman–Crippen MR) is 99.6 cm³/mol. The number of anilines is 1. The van der Waals surface area contributed by atoms with Crippen molar-refractivity contribution in [1.29, 1.82) is 0 Å². The summed E-state index contributed by atoms with van der Waals surface area (Å²) in [6, 6.07) is 9.30. The summed E-state index contributed by atoms with van der Waals surface area (Å²) >= 11 is 0. The second kappa shape index (κ2) is 6.29. The van der Waals surface area contributed by atoms with E-state index in [2.05, 4.69) is 23.7 Å². The van der Waals surface area contributed by atoms with Gasteiger partial charge in [0.25, 0.3) is 5.91 Å². The summed E-state index contributed by atoms with van der Waals surface area (Å²) in [6.45, 7) is 5.40. The first kappa shape index (κ1) is 17.9. The molecular weight excluding hydrogens is 348 g/mol. The lowest BCUT2D eigenvalue weighted by atomic mass is 9.87. The van der Waals surface area contributed by atoms with Gasteiger partial charge in [0.05, 0.1) is 5.54 Å². The average Bonchev–Trinajstić information content (AvgIpc) is 3.14. The minimum Gasteiger partial charge on any atom is -0.364 e. The highest BCUT2D eigenvalue weighted by Gasteiger charge is 2.55. The average molecular weight is 371 g/mol. The fraction of sp³-hybridized carbons (Fsp3) is 0.429. The van der Waals surface area contributed by atoms with Crippen LogP contribution in [-0.4, -0.2) is 40.0 Å². The number of amides is 1. The topological polar surface area (TPSA) is 36.4 Å². The fourth-order valence-corrected chi connectivity index (χ4v) is 4.82. The van der Waals surface area contributed by atoms with Crippen LogP contribution in [0.15, 0.2) is 42.6 Å². The molecule has 2 aliphatic rings. The lowest BCUT2D eigenvalue weighted by molar-refractivity contribution is 0.0606. The second-order valence-corrected chi connectivity index (χ2v) is 8.17. The molecule has 0 saturated carbocycles. The monoisotopic (exact) mass is 371 g/mol. The van der Waals surface area contributed by atoms with Crippen molar-refractivity contribution in [3.05, 3.63) is 59.9 Å². The molecule has 27 heavy (non-hydrogen) atoms. The zero-order chi connectivity index (χ0) is 19.2. The Hall–Kier alpha value is -2.50. The standard InChI is InChI=1S/C21H23F2N3O/c1-20(2)13-21(14-26(20)16-7-3-6-15(22)12-16)9-5-11-25(21)19(27)18-17(23)8-4-10-24-18/h3-4,6-8,10,12H,5,9,11,13-14H2,1-2H3. The third-order valence-corrected chi connectivity index (χ3v) is 5.87. The summed E-state index contributed by atoms with van der Waals surface area (Å²) in [5, 5.41) is 0. The molecule has 2 aliphatic heterocycles. The molecule has 1 aromatic carbocycles. The number of halogens is 2. The zero-order valence-electron chi connectivity index (χ0n) is 15.6. The van der Waals surface area contributed by atoms with E-state index in [1.165, 1.54) is 30.5 Å². The molecule has 2 saturated heterocycles. The molecule has 2 aromatic rings. The number of nitrogens with zero attached hydrogens (tertiary/aromatic N) is 3. The third kappa shape index (κ3) is 2.97. The van der Waals surface area contributed by atoms with Gasteiger partial charge in [-0.1, -0.05) is 6.07 Å². The van der Waals surface area contributed by atoms with E-state index in [0.717, 1.165) is 24.9 Å². The smallest absolute Gasteiger partial charge is 0.276 e. The van der Waals surface area contributed by atoms with Gasteiger partial charge in [-0.15, -0.1) is 0 Å². The van der Waals surface area contributed by atoms with E-state index >= 15 is 0 Å². The van der Waals surface area contributed by atoms with Crippen LogP contribution in [0.3, 0.4) is 0 Å². The van der Waals surface area contributed by atoms with Crippen molar-refractivity contribution in [2.75, 3.05) is 18.0 Å². The first-order valence-corrected chi connectivity index (χ1v) is 9.28. The van der Waals surface area contributed by atoms with E-state index in [9.17, 15) is 13.6 Å². The maximum Gasteiger partial charge on any atom is 0.276 e. The Morgan fingerprint density at radius 1 is 1.19 bits per heavy atom. The number of hydrogen-bond donors (Lipinski definition) is 0. The fourth-order valence-electron chi connectivity index (χ4n) is 4.82. The van der Waals surface area contributed by atoms with Crippen LogP contribution in [0.25, 0.3) is 0 Å². The largest absolute Gasteiger partial charge is 0.364 e. The minimum atomic E-state index is -0.594. The molecule has 4 nitrogen and oxygen atoms in total. The summed E-state index contributed by atoms with van der Waals surface area (Å²) in [6.07, 6.45) is 3.91. The number of aromatic nitrogens is 1. The summed E-state index contributed by atoms with van der Waals surface area (Å²) in [7, 11) is 0. The third-order valence-electron chi connectivity index (χ3n) is 5.87. The molecule has 0 bridgehead atoms.